The van der Waals surface area contributed by atoms with Crippen LogP contribution in [0.25, 0.3) is 0 Å². The number of hydrogen-bond acceptors (Lipinski definition) is 3. The summed E-state index contributed by atoms with van der Waals surface area (Å²) in [7, 11) is 1.47. The van der Waals surface area contributed by atoms with Crippen molar-refractivity contribution >= 4 is 5.78 Å². The number of carbonyl (C=O) groups is 1. The molecule has 1 aromatic rings. The monoisotopic (exact) mass is 224 g/mol. The highest BCUT2D eigenvalue weighted by molar-refractivity contribution is 5.90. The maximum absolute atomic E-state index is 13.2. The molecule has 1 fully saturated rings. The second kappa shape index (κ2) is 4.22. The van der Waals surface area contributed by atoms with Crippen molar-refractivity contribution in [3.8, 4) is 5.75 Å². The lowest BCUT2D eigenvalue weighted by atomic mass is 9.90. The van der Waals surface area contributed by atoms with Crippen molar-refractivity contribution in [3.63, 3.8) is 0 Å². The number of ketones is 1. The second-order valence-corrected chi connectivity index (χ2v) is 3.89. The number of ether oxygens (including phenoxy) is 2. The maximum Gasteiger partial charge on any atom is 0.169 e. The molecule has 0 amide bonds. The van der Waals surface area contributed by atoms with E-state index in [0.29, 0.717) is 17.7 Å². The van der Waals surface area contributed by atoms with Crippen molar-refractivity contribution in [1.82, 2.24) is 0 Å². The predicted molar refractivity (Wildman–Crippen MR) is 56.0 cm³/mol. The van der Waals surface area contributed by atoms with Crippen molar-refractivity contribution in [3.05, 3.63) is 29.6 Å². The van der Waals surface area contributed by atoms with Gasteiger partial charge in [-0.25, -0.2) is 4.39 Å². The van der Waals surface area contributed by atoms with Gasteiger partial charge in [-0.15, -0.1) is 0 Å². The van der Waals surface area contributed by atoms with Crippen LogP contribution in [0.1, 0.15) is 12.0 Å². The Hall–Kier alpha value is -1.42. The summed E-state index contributed by atoms with van der Waals surface area (Å²) in [5.74, 6) is 0.153. The summed E-state index contributed by atoms with van der Waals surface area (Å²) >= 11 is 0. The molecule has 2 rings (SSSR count). The van der Waals surface area contributed by atoms with Gasteiger partial charge < -0.3 is 9.47 Å². The highest BCUT2D eigenvalue weighted by Gasteiger charge is 2.42. The first-order valence-corrected chi connectivity index (χ1v) is 5.10. The van der Waals surface area contributed by atoms with E-state index < -0.39 is 6.10 Å². The molecular formula is C12H13FO3. The minimum absolute atomic E-state index is 0.0279. The predicted octanol–water partition coefficient (Wildman–Crippen LogP) is 1.87. The van der Waals surface area contributed by atoms with Gasteiger partial charge in [-0.1, -0.05) is 6.07 Å². The summed E-state index contributed by atoms with van der Waals surface area (Å²) in [5.41, 5.74) is 0.570. The highest BCUT2D eigenvalue weighted by atomic mass is 19.1. The first kappa shape index (κ1) is 11.1. The lowest BCUT2D eigenvalue weighted by Gasteiger charge is -2.33. The first-order valence-electron chi connectivity index (χ1n) is 5.10. The van der Waals surface area contributed by atoms with Gasteiger partial charge in [-0.3, -0.25) is 4.79 Å². The van der Waals surface area contributed by atoms with Gasteiger partial charge in [0.2, 0.25) is 0 Å². The number of benzene rings is 1. The molecular weight excluding hydrogens is 211 g/mol. The Labute approximate surface area is 93.2 Å². The van der Waals surface area contributed by atoms with Gasteiger partial charge in [-0.05, 0) is 18.6 Å². The van der Waals surface area contributed by atoms with Gasteiger partial charge in [-0.2, -0.15) is 0 Å². The van der Waals surface area contributed by atoms with E-state index in [4.69, 9.17) is 9.47 Å². The van der Waals surface area contributed by atoms with Gasteiger partial charge in [0.05, 0.1) is 0 Å². The fourth-order valence-electron chi connectivity index (χ4n) is 1.68. The molecule has 0 radical (unpaired) electrons. The van der Waals surface area contributed by atoms with Gasteiger partial charge >= 0.3 is 0 Å². The zero-order valence-corrected chi connectivity index (χ0v) is 9.20. The zero-order chi connectivity index (χ0) is 11.7. The summed E-state index contributed by atoms with van der Waals surface area (Å²) in [6.07, 6.45) is -0.474. The highest BCUT2D eigenvalue weighted by Crippen LogP contribution is 2.26. The van der Waals surface area contributed by atoms with E-state index >= 15 is 0 Å². The van der Waals surface area contributed by atoms with Crippen LogP contribution >= 0.6 is 0 Å². The fraction of sp³-hybridized carbons (Fsp3) is 0.417. The van der Waals surface area contributed by atoms with Crippen LogP contribution in [0.2, 0.25) is 0 Å². The van der Waals surface area contributed by atoms with E-state index in [2.05, 4.69) is 0 Å². The molecule has 0 saturated heterocycles. The van der Waals surface area contributed by atoms with E-state index in [1.807, 2.05) is 0 Å². The molecule has 1 aliphatic rings. The largest absolute Gasteiger partial charge is 0.487 e. The van der Waals surface area contributed by atoms with Crippen LogP contribution in [-0.4, -0.2) is 25.1 Å². The molecule has 0 heterocycles. The average molecular weight is 224 g/mol. The number of Topliss-reactive ketones (excluding diaryl/α,β-unsaturated/α-hetero) is 1. The molecule has 2 atom stereocenters. The van der Waals surface area contributed by atoms with Crippen LogP contribution in [0.15, 0.2) is 18.2 Å². The van der Waals surface area contributed by atoms with E-state index in [1.165, 1.54) is 13.2 Å². The molecule has 86 valence electrons. The van der Waals surface area contributed by atoms with Gasteiger partial charge in [0.25, 0.3) is 0 Å². The molecule has 1 saturated carbocycles. The number of methoxy groups -OCH3 is 1. The van der Waals surface area contributed by atoms with Crippen molar-refractivity contribution < 1.29 is 18.7 Å². The molecule has 0 aromatic heterocycles. The average Bonchev–Trinajstić information content (AvgIpc) is 2.23. The van der Waals surface area contributed by atoms with Crippen molar-refractivity contribution in [2.45, 2.75) is 25.6 Å². The molecule has 16 heavy (non-hydrogen) atoms. The molecule has 3 nitrogen and oxygen atoms in total. The lowest BCUT2D eigenvalue weighted by molar-refractivity contribution is -0.151. The third-order valence-electron chi connectivity index (χ3n) is 2.74. The third-order valence-corrected chi connectivity index (χ3v) is 2.74. The summed E-state index contributed by atoms with van der Waals surface area (Å²) in [4.78, 5) is 11.1. The van der Waals surface area contributed by atoms with E-state index in [-0.39, 0.29) is 17.7 Å². The fourth-order valence-corrected chi connectivity index (χ4v) is 1.68. The Kier molecular flexibility index (Phi) is 2.92. The molecule has 1 aliphatic carbocycles. The smallest absolute Gasteiger partial charge is 0.169 e. The maximum atomic E-state index is 13.2. The zero-order valence-electron chi connectivity index (χ0n) is 9.20. The Morgan fingerprint density at radius 1 is 1.44 bits per heavy atom. The summed E-state index contributed by atoms with van der Waals surface area (Å²) in [6, 6.07) is 4.66. The molecule has 0 spiro atoms. The van der Waals surface area contributed by atoms with E-state index in [0.717, 1.165) is 0 Å². The normalized spacial score (nSPS) is 24.1. The van der Waals surface area contributed by atoms with Crippen molar-refractivity contribution in [2.75, 3.05) is 7.11 Å². The topological polar surface area (TPSA) is 35.5 Å². The standard InChI is InChI=1S/C12H13FO3/c1-7-3-4-8(5-9(7)13)16-11-6-10(14)12(11)15-2/h3-5,11-12H,6H2,1-2H3. The second-order valence-electron chi connectivity index (χ2n) is 3.89. The molecule has 4 heteroatoms. The molecule has 0 N–H and O–H groups in total. The number of rotatable bonds is 3. The Morgan fingerprint density at radius 3 is 2.75 bits per heavy atom. The van der Waals surface area contributed by atoms with E-state index in [1.54, 1.807) is 19.1 Å². The van der Waals surface area contributed by atoms with Crippen LogP contribution < -0.4 is 4.74 Å². The Balaban J connectivity index is 2.05. The van der Waals surface area contributed by atoms with Crippen LogP contribution in [-0.2, 0) is 9.53 Å². The molecule has 0 bridgehead atoms. The Bertz CT molecular complexity index is 417. The van der Waals surface area contributed by atoms with Crippen LogP contribution in [0.3, 0.4) is 0 Å². The SMILES string of the molecule is COC1C(=O)CC1Oc1ccc(C)c(F)c1. The molecule has 0 aliphatic heterocycles. The summed E-state index contributed by atoms with van der Waals surface area (Å²) in [6.45, 7) is 1.68. The van der Waals surface area contributed by atoms with Gasteiger partial charge in [0.15, 0.2) is 11.9 Å². The third kappa shape index (κ3) is 1.93. The van der Waals surface area contributed by atoms with Crippen molar-refractivity contribution in [1.29, 1.82) is 0 Å². The van der Waals surface area contributed by atoms with Gasteiger partial charge in [0.1, 0.15) is 17.7 Å². The van der Waals surface area contributed by atoms with Gasteiger partial charge in [0, 0.05) is 19.6 Å². The number of hydrogen-bond donors (Lipinski definition) is 0. The van der Waals surface area contributed by atoms with Crippen LogP contribution in [0.5, 0.6) is 5.75 Å². The minimum Gasteiger partial charge on any atom is -0.487 e. The molecule has 1 aromatic carbocycles. The number of carbonyl (C=O) groups excluding carboxylic acids is 1. The van der Waals surface area contributed by atoms with E-state index in [9.17, 15) is 9.18 Å². The summed E-state index contributed by atoms with van der Waals surface area (Å²) < 4.78 is 23.7. The summed E-state index contributed by atoms with van der Waals surface area (Å²) in [5, 5.41) is 0. The van der Waals surface area contributed by atoms with Crippen molar-refractivity contribution in [2.24, 2.45) is 0 Å². The Morgan fingerprint density at radius 2 is 2.19 bits per heavy atom. The van der Waals surface area contributed by atoms with Crippen LogP contribution in [0.4, 0.5) is 4.39 Å². The molecule has 2 unspecified atom stereocenters. The quantitative estimate of drug-likeness (QED) is 0.786. The minimum atomic E-state index is -0.510. The number of halogens is 1. The van der Waals surface area contributed by atoms with Crippen LogP contribution in [0, 0.1) is 12.7 Å². The first-order chi connectivity index (χ1) is 7.61. The number of aryl methyl sites for hydroxylation is 1. The lowest BCUT2D eigenvalue weighted by Crippen LogP contribution is -2.51.